The maximum atomic E-state index is 13.5. The van der Waals surface area contributed by atoms with Crippen molar-refractivity contribution >= 4 is 17.5 Å². The number of hydrogen-bond acceptors (Lipinski definition) is 3. The molecule has 0 heterocycles. The minimum absolute atomic E-state index is 0.164. The van der Waals surface area contributed by atoms with Crippen molar-refractivity contribution in [2.24, 2.45) is 0 Å². The summed E-state index contributed by atoms with van der Waals surface area (Å²) < 4.78 is 32.0. The van der Waals surface area contributed by atoms with Crippen molar-refractivity contribution in [3.8, 4) is 11.5 Å². The van der Waals surface area contributed by atoms with Gasteiger partial charge in [0.15, 0.2) is 0 Å². The third-order valence-electron chi connectivity index (χ3n) is 3.71. The molecule has 0 aliphatic carbocycles. The zero-order valence-electron chi connectivity index (χ0n) is 14.6. The Morgan fingerprint density at radius 1 is 0.857 bits per heavy atom. The summed E-state index contributed by atoms with van der Waals surface area (Å²) in [6, 6.07) is 18.4. The quantitative estimate of drug-likeness (QED) is 0.674. The Morgan fingerprint density at radius 3 is 2.21 bits per heavy atom. The molecule has 7 heteroatoms. The summed E-state index contributed by atoms with van der Waals surface area (Å²) in [5.41, 5.74) is 0.171. The molecule has 3 rings (SSSR count). The molecule has 28 heavy (non-hydrogen) atoms. The molecule has 3 aromatic rings. The van der Waals surface area contributed by atoms with E-state index in [0.717, 1.165) is 12.1 Å². The van der Waals surface area contributed by atoms with Gasteiger partial charge >= 0.3 is 0 Å². The van der Waals surface area contributed by atoms with E-state index >= 15 is 0 Å². The van der Waals surface area contributed by atoms with Crippen LogP contribution in [0.1, 0.15) is 10.4 Å². The van der Waals surface area contributed by atoms with Gasteiger partial charge in [-0.2, -0.15) is 0 Å². The lowest BCUT2D eigenvalue weighted by atomic mass is 10.2. The highest BCUT2D eigenvalue weighted by atomic mass is 19.1. The van der Waals surface area contributed by atoms with E-state index in [4.69, 9.17) is 4.74 Å². The first kappa shape index (κ1) is 19.0. The van der Waals surface area contributed by atoms with Crippen molar-refractivity contribution in [1.29, 1.82) is 0 Å². The normalized spacial score (nSPS) is 10.2. The van der Waals surface area contributed by atoms with E-state index in [-0.39, 0.29) is 12.2 Å². The van der Waals surface area contributed by atoms with E-state index in [1.54, 1.807) is 24.3 Å². The number of nitrogens with one attached hydrogen (secondary N) is 2. The second-order valence-electron chi connectivity index (χ2n) is 5.79. The summed E-state index contributed by atoms with van der Waals surface area (Å²) in [4.78, 5) is 24.0. The molecule has 0 aliphatic rings. The lowest BCUT2D eigenvalue weighted by Gasteiger charge is -2.09. The highest BCUT2D eigenvalue weighted by Crippen LogP contribution is 2.21. The zero-order valence-corrected chi connectivity index (χ0v) is 14.6. The Morgan fingerprint density at radius 2 is 1.54 bits per heavy atom. The van der Waals surface area contributed by atoms with Crippen LogP contribution in [0.3, 0.4) is 0 Å². The number of halogens is 2. The number of para-hydroxylation sites is 1. The Labute approximate surface area is 160 Å². The average Bonchev–Trinajstić information content (AvgIpc) is 2.70. The molecule has 3 aromatic carbocycles. The third-order valence-corrected chi connectivity index (χ3v) is 3.71. The summed E-state index contributed by atoms with van der Waals surface area (Å²) in [6.45, 7) is -0.363. The average molecular weight is 382 g/mol. The van der Waals surface area contributed by atoms with Crippen molar-refractivity contribution in [3.05, 3.63) is 90.0 Å². The Bertz CT molecular complexity index is 977. The maximum Gasteiger partial charge on any atom is 0.251 e. The first-order chi connectivity index (χ1) is 13.5. The first-order valence-corrected chi connectivity index (χ1v) is 8.37. The van der Waals surface area contributed by atoms with E-state index in [1.807, 2.05) is 30.3 Å². The standard InChI is InChI=1S/C21H16F2N2O3/c22-15-8-11-19(18(23)12-15)25-20(26)13-24-21(27)14-6-9-17(10-7-14)28-16-4-2-1-3-5-16/h1-12H,13H2,(H,24,27)(H,25,26). The van der Waals surface area contributed by atoms with Crippen LogP contribution in [0.4, 0.5) is 14.5 Å². The molecule has 0 atom stereocenters. The van der Waals surface area contributed by atoms with Crippen molar-refractivity contribution in [2.75, 3.05) is 11.9 Å². The van der Waals surface area contributed by atoms with E-state index in [1.165, 1.54) is 0 Å². The summed E-state index contributed by atoms with van der Waals surface area (Å²) in [7, 11) is 0. The minimum atomic E-state index is -0.895. The molecule has 142 valence electrons. The van der Waals surface area contributed by atoms with Gasteiger partial charge in [-0.05, 0) is 48.5 Å². The fraction of sp³-hybridized carbons (Fsp3) is 0.0476. The predicted molar refractivity (Wildman–Crippen MR) is 100 cm³/mol. The van der Waals surface area contributed by atoms with Crippen molar-refractivity contribution in [2.45, 2.75) is 0 Å². The Hall–Kier alpha value is -3.74. The minimum Gasteiger partial charge on any atom is -0.457 e. The largest absolute Gasteiger partial charge is 0.457 e. The fourth-order valence-electron chi connectivity index (χ4n) is 2.35. The molecule has 0 radical (unpaired) electrons. The number of carbonyl (C=O) groups excluding carboxylic acids is 2. The third kappa shape index (κ3) is 5.14. The van der Waals surface area contributed by atoms with E-state index in [0.29, 0.717) is 23.1 Å². The summed E-state index contributed by atoms with van der Waals surface area (Å²) in [5, 5.41) is 4.70. The smallest absolute Gasteiger partial charge is 0.251 e. The second-order valence-corrected chi connectivity index (χ2v) is 5.79. The van der Waals surface area contributed by atoms with Crippen LogP contribution in [-0.4, -0.2) is 18.4 Å². The van der Waals surface area contributed by atoms with Crippen LogP contribution in [0.25, 0.3) is 0 Å². The molecule has 0 saturated carbocycles. The molecule has 0 bridgehead atoms. The topological polar surface area (TPSA) is 67.4 Å². The van der Waals surface area contributed by atoms with Gasteiger partial charge in [0, 0.05) is 11.6 Å². The highest BCUT2D eigenvalue weighted by molar-refractivity contribution is 5.99. The number of anilines is 1. The van der Waals surface area contributed by atoms with Gasteiger partial charge in [0.05, 0.1) is 12.2 Å². The SMILES string of the molecule is O=C(CNC(=O)c1ccc(Oc2ccccc2)cc1)Nc1ccc(F)cc1F. The van der Waals surface area contributed by atoms with E-state index in [2.05, 4.69) is 10.6 Å². The summed E-state index contributed by atoms with van der Waals surface area (Å²) >= 11 is 0. The van der Waals surface area contributed by atoms with Gasteiger partial charge in [-0.25, -0.2) is 8.78 Å². The monoisotopic (exact) mass is 382 g/mol. The predicted octanol–water partition coefficient (Wildman–Crippen LogP) is 4.13. The van der Waals surface area contributed by atoms with Gasteiger partial charge in [0.2, 0.25) is 5.91 Å². The number of amides is 2. The molecule has 5 nitrogen and oxygen atoms in total. The van der Waals surface area contributed by atoms with Gasteiger partial charge in [-0.15, -0.1) is 0 Å². The zero-order chi connectivity index (χ0) is 19.9. The summed E-state index contributed by atoms with van der Waals surface area (Å²) in [5.74, 6) is -1.52. The highest BCUT2D eigenvalue weighted by Gasteiger charge is 2.11. The van der Waals surface area contributed by atoms with Crippen molar-refractivity contribution in [3.63, 3.8) is 0 Å². The van der Waals surface area contributed by atoms with Crippen LogP contribution in [0.5, 0.6) is 11.5 Å². The molecule has 0 fully saturated rings. The molecule has 0 aliphatic heterocycles. The molecule has 0 saturated heterocycles. The van der Waals surface area contributed by atoms with Crippen molar-refractivity contribution < 1.29 is 23.1 Å². The van der Waals surface area contributed by atoms with Gasteiger partial charge in [0.1, 0.15) is 23.1 Å². The first-order valence-electron chi connectivity index (χ1n) is 8.37. The second kappa shape index (κ2) is 8.77. The summed E-state index contributed by atoms with van der Waals surface area (Å²) in [6.07, 6.45) is 0. The lowest BCUT2D eigenvalue weighted by molar-refractivity contribution is -0.115. The Balaban J connectivity index is 1.52. The van der Waals surface area contributed by atoms with Crippen molar-refractivity contribution in [1.82, 2.24) is 5.32 Å². The van der Waals surface area contributed by atoms with Gasteiger partial charge in [-0.3, -0.25) is 9.59 Å². The molecular formula is C21H16F2N2O3. The van der Waals surface area contributed by atoms with Gasteiger partial charge in [-0.1, -0.05) is 18.2 Å². The molecule has 2 N–H and O–H groups in total. The van der Waals surface area contributed by atoms with E-state index in [9.17, 15) is 18.4 Å². The maximum absolute atomic E-state index is 13.5. The Kier molecular flexibility index (Phi) is 5.96. The van der Waals surface area contributed by atoms with Crippen LogP contribution in [0.15, 0.2) is 72.8 Å². The van der Waals surface area contributed by atoms with Gasteiger partial charge in [0.25, 0.3) is 5.91 Å². The number of hydrogen-bond donors (Lipinski definition) is 2. The van der Waals surface area contributed by atoms with E-state index < -0.39 is 23.4 Å². The van der Waals surface area contributed by atoms with Crippen LogP contribution >= 0.6 is 0 Å². The van der Waals surface area contributed by atoms with Crippen LogP contribution in [0.2, 0.25) is 0 Å². The molecule has 0 aromatic heterocycles. The fourth-order valence-corrected chi connectivity index (χ4v) is 2.35. The number of carbonyl (C=O) groups is 2. The molecule has 0 unspecified atom stereocenters. The van der Waals surface area contributed by atoms with Crippen LogP contribution in [0, 0.1) is 11.6 Å². The van der Waals surface area contributed by atoms with Gasteiger partial charge < -0.3 is 15.4 Å². The molecular weight excluding hydrogens is 366 g/mol. The van der Waals surface area contributed by atoms with Crippen LogP contribution < -0.4 is 15.4 Å². The number of ether oxygens (including phenoxy) is 1. The lowest BCUT2D eigenvalue weighted by Crippen LogP contribution is -2.33. The number of rotatable bonds is 6. The molecule has 0 spiro atoms. The van der Waals surface area contributed by atoms with Crippen LogP contribution in [-0.2, 0) is 4.79 Å². The number of benzene rings is 3. The molecule has 2 amide bonds.